The van der Waals surface area contributed by atoms with Crippen molar-refractivity contribution in [3.8, 4) is 0 Å². The predicted octanol–water partition coefficient (Wildman–Crippen LogP) is 3.43. The van der Waals surface area contributed by atoms with Crippen LogP contribution in [-0.2, 0) is 0 Å². The molecule has 0 aromatic carbocycles. The third-order valence-corrected chi connectivity index (χ3v) is 5.11. The van der Waals surface area contributed by atoms with Crippen molar-refractivity contribution in [2.24, 2.45) is 23.2 Å². The van der Waals surface area contributed by atoms with E-state index in [0.717, 1.165) is 23.2 Å². The third-order valence-electron chi connectivity index (χ3n) is 5.11. The van der Waals surface area contributed by atoms with Gasteiger partial charge in [0.05, 0.1) is 0 Å². The molecule has 0 aromatic rings. The largest absolute Gasteiger partial charge is 0.0617 e. The normalized spacial score (nSPS) is 56.2. The van der Waals surface area contributed by atoms with E-state index in [9.17, 15) is 0 Å². The van der Waals surface area contributed by atoms with Crippen molar-refractivity contribution >= 4 is 0 Å². The van der Waals surface area contributed by atoms with Gasteiger partial charge in [0.2, 0.25) is 0 Å². The van der Waals surface area contributed by atoms with Crippen LogP contribution in [0, 0.1) is 29.6 Å². The van der Waals surface area contributed by atoms with E-state index < -0.39 is 0 Å². The standard InChI is InChI=1S/C12H19/c1-2-12-7-6-9(8-12)10-4-3-5-11(10)12/h2,9-11H,3-8H2,1H3. The summed E-state index contributed by atoms with van der Waals surface area (Å²) in [5, 5.41) is 0. The van der Waals surface area contributed by atoms with E-state index in [1.54, 1.807) is 25.7 Å². The van der Waals surface area contributed by atoms with Crippen LogP contribution in [0.25, 0.3) is 0 Å². The molecular weight excluding hydrogens is 144 g/mol. The molecule has 0 aliphatic heterocycles. The first-order valence-corrected chi connectivity index (χ1v) is 5.66. The van der Waals surface area contributed by atoms with Crippen LogP contribution in [0.1, 0.15) is 45.4 Å². The van der Waals surface area contributed by atoms with Crippen molar-refractivity contribution in [2.75, 3.05) is 0 Å². The van der Waals surface area contributed by atoms with Crippen molar-refractivity contribution < 1.29 is 0 Å². The lowest BCUT2D eigenvalue weighted by Gasteiger charge is -2.34. The van der Waals surface area contributed by atoms with Gasteiger partial charge in [-0.15, -0.1) is 0 Å². The molecule has 3 aliphatic rings. The van der Waals surface area contributed by atoms with E-state index in [0.29, 0.717) is 0 Å². The van der Waals surface area contributed by atoms with E-state index in [4.69, 9.17) is 0 Å². The maximum atomic E-state index is 2.56. The van der Waals surface area contributed by atoms with Gasteiger partial charge < -0.3 is 0 Å². The molecule has 3 aliphatic carbocycles. The molecule has 0 aromatic heterocycles. The lowest BCUT2D eigenvalue weighted by Crippen LogP contribution is -2.27. The second kappa shape index (κ2) is 2.27. The maximum absolute atomic E-state index is 2.56. The zero-order chi connectivity index (χ0) is 8.18. The Morgan fingerprint density at radius 2 is 2.17 bits per heavy atom. The minimum Gasteiger partial charge on any atom is -0.0617 e. The van der Waals surface area contributed by atoms with Gasteiger partial charge in [0, 0.05) is 0 Å². The number of hydrogen-bond acceptors (Lipinski definition) is 0. The molecule has 0 heteroatoms. The molecule has 4 atom stereocenters. The Morgan fingerprint density at radius 1 is 1.25 bits per heavy atom. The Bertz CT molecular complexity index is 196. The highest BCUT2D eigenvalue weighted by Gasteiger charge is 2.57. The fraction of sp³-hybridized carbons (Fsp3) is 0.917. The topological polar surface area (TPSA) is 0 Å². The second-order valence-corrected chi connectivity index (χ2v) is 5.23. The predicted molar refractivity (Wildman–Crippen MR) is 50.6 cm³/mol. The Hall–Kier alpha value is 0. The Kier molecular flexibility index (Phi) is 1.40. The van der Waals surface area contributed by atoms with Crippen LogP contribution in [-0.4, -0.2) is 0 Å². The molecular formula is C12H19. The molecule has 3 rings (SSSR count). The molecule has 3 saturated carbocycles. The van der Waals surface area contributed by atoms with Gasteiger partial charge in [0.15, 0.2) is 0 Å². The van der Waals surface area contributed by atoms with Gasteiger partial charge in [-0.25, -0.2) is 0 Å². The molecule has 0 saturated heterocycles. The summed E-state index contributed by atoms with van der Waals surface area (Å²) in [4.78, 5) is 0. The molecule has 4 unspecified atom stereocenters. The molecule has 0 spiro atoms. The molecule has 2 bridgehead atoms. The monoisotopic (exact) mass is 163 g/mol. The molecule has 3 fully saturated rings. The zero-order valence-corrected chi connectivity index (χ0v) is 8.05. The first-order valence-electron chi connectivity index (χ1n) is 5.66. The summed E-state index contributed by atoms with van der Waals surface area (Å²) in [6.07, 6.45) is 11.8. The van der Waals surface area contributed by atoms with Crippen LogP contribution in [0.2, 0.25) is 0 Å². The molecule has 1 radical (unpaired) electrons. The van der Waals surface area contributed by atoms with Gasteiger partial charge >= 0.3 is 0 Å². The summed E-state index contributed by atoms with van der Waals surface area (Å²) in [5.74, 6) is 3.39. The van der Waals surface area contributed by atoms with Crippen LogP contribution in [0.5, 0.6) is 0 Å². The van der Waals surface area contributed by atoms with Crippen LogP contribution in [0.15, 0.2) is 0 Å². The SMILES string of the molecule is C[CH]C12CCC(C1)C1CCCC12. The highest BCUT2D eigenvalue weighted by molar-refractivity contribution is 5.12. The summed E-state index contributed by atoms with van der Waals surface area (Å²) in [6, 6.07) is 0. The highest BCUT2D eigenvalue weighted by Crippen LogP contribution is 2.66. The maximum Gasteiger partial charge on any atom is -0.0235 e. The van der Waals surface area contributed by atoms with E-state index in [1.807, 2.05) is 0 Å². The van der Waals surface area contributed by atoms with Crippen molar-refractivity contribution in [2.45, 2.75) is 45.4 Å². The van der Waals surface area contributed by atoms with E-state index in [-0.39, 0.29) is 0 Å². The summed E-state index contributed by atoms with van der Waals surface area (Å²) in [7, 11) is 0. The molecule has 67 valence electrons. The lowest BCUT2D eigenvalue weighted by atomic mass is 9.70. The Labute approximate surface area is 75.7 Å². The van der Waals surface area contributed by atoms with Crippen LogP contribution in [0.3, 0.4) is 0 Å². The van der Waals surface area contributed by atoms with Crippen molar-refractivity contribution in [3.05, 3.63) is 6.42 Å². The molecule has 0 N–H and O–H groups in total. The molecule has 0 amide bonds. The second-order valence-electron chi connectivity index (χ2n) is 5.23. The van der Waals surface area contributed by atoms with Gasteiger partial charge in [-0.2, -0.15) is 0 Å². The molecule has 0 heterocycles. The smallest absolute Gasteiger partial charge is 0.0235 e. The van der Waals surface area contributed by atoms with Crippen molar-refractivity contribution in [1.29, 1.82) is 0 Å². The van der Waals surface area contributed by atoms with Crippen LogP contribution < -0.4 is 0 Å². The Morgan fingerprint density at radius 3 is 3.00 bits per heavy atom. The van der Waals surface area contributed by atoms with Crippen molar-refractivity contribution in [1.82, 2.24) is 0 Å². The third kappa shape index (κ3) is 0.701. The quantitative estimate of drug-likeness (QED) is 0.555. The average Bonchev–Trinajstić information content (AvgIpc) is 2.76. The summed E-state index contributed by atoms with van der Waals surface area (Å²) in [5.41, 5.74) is 0.728. The van der Waals surface area contributed by atoms with Gasteiger partial charge in [0.25, 0.3) is 0 Å². The lowest BCUT2D eigenvalue weighted by molar-refractivity contribution is 0.187. The van der Waals surface area contributed by atoms with Gasteiger partial charge in [-0.3, -0.25) is 0 Å². The first-order chi connectivity index (χ1) is 5.86. The fourth-order valence-corrected chi connectivity index (χ4v) is 4.59. The van der Waals surface area contributed by atoms with Crippen LogP contribution >= 0.6 is 0 Å². The Balaban J connectivity index is 1.95. The van der Waals surface area contributed by atoms with Crippen molar-refractivity contribution in [3.63, 3.8) is 0 Å². The van der Waals surface area contributed by atoms with Crippen LogP contribution in [0.4, 0.5) is 0 Å². The van der Waals surface area contributed by atoms with E-state index in [1.165, 1.54) is 12.8 Å². The van der Waals surface area contributed by atoms with E-state index in [2.05, 4.69) is 13.3 Å². The fourth-order valence-electron chi connectivity index (χ4n) is 4.59. The zero-order valence-electron chi connectivity index (χ0n) is 8.05. The van der Waals surface area contributed by atoms with E-state index >= 15 is 0 Å². The average molecular weight is 163 g/mol. The number of hydrogen-bond donors (Lipinski definition) is 0. The summed E-state index contributed by atoms with van der Waals surface area (Å²) in [6.45, 7) is 2.31. The number of rotatable bonds is 1. The van der Waals surface area contributed by atoms with Gasteiger partial charge in [-0.1, -0.05) is 13.3 Å². The minimum atomic E-state index is 0.728. The highest BCUT2D eigenvalue weighted by atomic mass is 14.6. The minimum absolute atomic E-state index is 0.728. The first kappa shape index (κ1) is 7.41. The summed E-state index contributed by atoms with van der Waals surface area (Å²) < 4.78 is 0. The molecule has 0 nitrogen and oxygen atoms in total. The number of fused-ring (bicyclic) bond motifs is 5. The molecule has 12 heavy (non-hydrogen) atoms. The van der Waals surface area contributed by atoms with Gasteiger partial charge in [0.1, 0.15) is 0 Å². The van der Waals surface area contributed by atoms with Gasteiger partial charge in [-0.05, 0) is 61.7 Å². The summed E-state index contributed by atoms with van der Waals surface area (Å²) >= 11 is 0.